The molecule has 2 N–H and O–H groups in total. The molecule has 0 aliphatic rings. The van der Waals surface area contributed by atoms with Gasteiger partial charge in [0, 0.05) is 5.56 Å². The van der Waals surface area contributed by atoms with E-state index in [0.29, 0.717) is 11.7 Å². The normalized spacial score (nSPS) is 13.0. The van der Waals surface area contributed by atoms with Gasteiger partial charge in [0.1, 0.15) is 11.5 Å². The molecule has 0 saturated carbocycles. The van der Waals surface area contributed by atoms with Crippen LogP contribution < -0.4 is 0 Å². The van der Waals surface area contributed by atoms with Gasteiger partial charge in [-0.25, -0.2) is 0 Å². The number of allylic oxidation sites excluding steroid dienone is 2. The topological polar surface area (TPSA) is 40.5 Å². The minimum Gasteiger partial charge on any atom is -0.508 e. The van der Waals surface area contributed by atoms with Gasteiger partial charge in [-0.1, -0.05) is 39.3 Å². The maximum absolute atomic E-state index is 10.4. The summed E-state index contributed by atoms with van der Waals surface area (Å²) >= 11 is 0. The van der Waals surface area contributed by atoms with E-state index in [9.17, 15) is 10.2 Å². The summed E-state index contributed by atoms with van der Waals surface area (Å²) in [4.78, 5) is 0. The lowest BCUT2D eigenvalue weighted by atomic mass is 9.79. The first-order valence-corrected chi connectivity index (χ1v) is 7.74. The molecule has 0 fully saturated rings. The van der Waals surface area contributed by atoms with Gasteiger partial charge in [-0.15, -0.1) is 0 Å². The molecule has 0 heterocycles. The summed E-state index contributed by atoms with van der Waals surface area (Å²) in [5.41, 5.74) is 3.50. The predicted octanol–water partition coefficient (Wildman–Crippen LogP) is 5.37. The van der Waals surface area contributed by atoms with E-state index >= 15 is 0 Å². The van der Waals surface area contributed by atoms with Crippen molar-refractivity contribution in [3.8, 4) is 11.5 Å². The van der Waals surface area contributed by atoms with Crippen LogP contribution in [-0.4, -0.2) is 10.2 Å². The fourth-order valence-electron chi connectivity index (χ4n) is 2.67. The highest BCUT2D eigenvalue weighted by atomic mass is 16.3. The zero-order valence-corrected chi connectivity index (χ0v) is 14.5. The van der Waals surface area contributed by atoms with Crippen LogP contribution in [0.15, 0.2) is 17.7 Å². The highest BCUT2D eigenvalue weighted by Crippen LogP contribution is 2.40. The fourth-order valence-corrected chi connectivity index (χ4v) is 2.67. The summed E-state index contributed by atoms with van der Waals surface area (Å²) in [7, 11) is 0. The van der Waals surface area contributed by atoms with Gasteiger partial charge in [-0.05, 0) is 62.1 Å². The molecular weight excluding hydrogens is 260 g/mol. The number of aromatic hydroxyl groups is 2. The average Bonchev–Trinajstić information content (AvgIpc) is 2.37. The Balaban J connectivity index is 3.09. The minimum absolute atomic E-state index is 0.210. The molecule has 0 bridgehead atoms. The van der Waals surface area contributed by atoms with Crippen LogP contribution in [0, 0.1) is 19.8 Å². The van der Waals surface area contributed by atoms with Gasteiger partial charge in [0.05, 0.1) is 0 Å². The monoisotopic (exact) mass is 290 g/mol. The van der Waals surface area contributed by atoms with E-state index < -0.39 is 0 Å². The van der Waals surface area contributed by atoms with Crippen molar-refractivity contribution in [3.05, 3.63) is 34.4 Å². The SMILES string of the molecule is C/C(=C\CC(C)(C)c1cc(O)c(C)c(C)c1O)CC(C)C. The van der Waals surface area contributed by atoms with Crippen LogP contribution in [0.1, 0.15) is 64.2 Å². The minimum atomic E-state index is -0.210. The van der Waals surface area contributed by atoms with Crippen LogP contribution in [0.25, 0.3) is 0 Å². The first kappa shape index (κ1) is 17.6. The van der Waals surface area contributed by atoms with Crippen molar-refractivity contribution >= 4 is 0 Å². The van der Waals surface area contributed by atoms with E-state index in [4.69, 9.17) is 0 Å². The molecule has 118 valence electrons. The Hall–Kier alpha value is -1.44. The number of phenols is 2. The zero-order chi connectivity index (χ0) is 16.4. The van der Waals surface area contributed by atoms with Crippen molar-refractivity contribution in [1.82, 2.24) is 0 Å². The Morgan fingerprint density at radius 2 is 1.76 bits per heavy atom. The van der Waals surface area contributed by atoms with Crippen LogP contribution in [0.2, 0.25) is 0 Å². The lowest BCUT2D eigenvalue weighted by molar-refractivity contribution is 0.420. The van der Waals surface area contributed by atoms with Gasteiger partial charge in [0.2, 0.25) is 0 Å². The van der Waals surface area contributed by atoms with Crippen LogP contribution in [0.3, 0.4) is 0 Å². The number of rotatable bonds is 5. The molecule has 0 unspecified atom stereocenters. The Kier molecular flexibility index (Phi) is 5.49. The summed E-state index contributed by atoms with van der Waals surface area (Å²) in [6, 6.07) is 1.71. The quantitative estimate of drug-likeness (QED) is 0.565. The summed E-state index contributed by atoms with van der Waals surface area (Å²) in [5, 5.41) is 20.5. The van der Waals surface area contributed by atoms with Crippen molar-refractivity contribution in [3.63, 3.8) is 0 Å². The van der Waals surface area contributed by atoms with E-state index in [2.05, 4.69) is 40.7 Å². The second-order valence-electron chi connectivity index (χ2n) is 7.28. The van der Waals surface area contributed by atoms with Crippen molar-refractivity contribution in [2.75, 3.05) is 0 Å². The first-order chi connectivity index (χ1) is 9.56. The maximum atomic E-state index is 10.4. The fraction of sp³-hybridized carbons (Fsp3) is 0.579. The summed E-state index contributed by atoms with van der Waals surface area (Å²) in [6.45, 7) is 14.5. The van der Waals surface area contributed by atoms with Gasteiger partial charge in [0.15, 0.2) is 0 Å². The van der Waals surface area contributed by atoms with E-state index in [0.717, 1.165) is 29.5 Å². The Labute approximate surface area is 129 Å². The standard InChI is InChI=1S/C19H30O2/c1-12(2)10-13(3)8-9-19(6,7)16-11-17(20)14(4)15(5)18(16)21/h8,11-12,20-21H,9-10H2,1-7H3/b13-8+. The summed E-state index contributed by atoms with van der Waals surface area (Å²) in [6.07, 6.45) is 4.20. The van der Waals surface area contributed by atoms with Crippen molar-refractivity contribution in [1.29, 1.82) is 0 Å². The van der Waals surface area contributed by atoms with Crippen LogP contribution in [0.5, 0.6) is 11.5 Å². The van der Waals surface area contributed by atoms with Gasteiger partial charge in [0.25, 0.3) is 0 Å². The molecule has 0 aliphatic carbocycles. The Morgan fingerprint density at radius 1 is 1.19 bits per heavy atom. The molecule has 0 radical (unpaired) electrons. The molecule has 1 rings (SSSR count). The highest BCUT2D eigenvalue weighted by molar-refractivity contribution is 5.53. The van der Waals surface area contributed by atoms with Gasteiger partial charge < -0.3 is 10.2 Å². The predicted molar refractivity (Wildman–Crippen MR) is 90.1 cm³/mol. The van der Waals surface area contributed by atoms with E-state index in [1.807, 2.05) is 13.8 Å². The van der Waals surface area contributed by atoms with Crippen LogP contribution in [0.4, 0.5) is 0 Å². The van der Waals surface area contributed by atoms with Gasteiger partial charge >= 0.3 is 0 Å². The molecule has 1 aromatic carbocycles. The third-order valence-corrected chi connectivity index (χ3v) is 4.26. The molecule has 0 aliphatic heterocycles. The first-order valence-electron chi connectivity index (χ1n) is 7.74. The maximum Gasteiger partial charge on any atom is 0.122 e. The summed E-state index contributed by atoms with van der Waals surface area (Å²) < 4.78 is 0. The lowest BCUT2D eigenvalue weighted by Gasteiger charge is -2.27. The number of benzene rings is 1. The zero-order valence-electron chi connectivity index (χ0n) is 14.5. The number of hydrogen-bond donors (Lipinski definition) is 2. The molecule has 21 heavy (non-hydrogen) atoms. The number of phenolic OH excluding ortho intramolecular Hbond substituents is 2. The molecule has 1 aromatic rings. The largest absolute Gasteiger partial charge is 0.508 e. The lowest BCUT2D eigenvalue weighted by Crippen LogP contribution is -2.17. The molecule has 0 aromatic heterocycles. The summed E-state index contributed by atoms with van der Waals surface area (Å²) in [5.74, 6) is 1.23. The number of hydrogen-bond acceptors (Lipinski definition) is 2. The van der Waals surface area contributed by atoms with Crippen LogP contribution in [-0.2, 0) is 5.41 Å². The third-order valence-electron chi connectivity index (χ3n) is 4.26. The molecular formula is C19H30O2. The average molecular weight is 290 g/mol. The molecule has 0 spiro atoms. The third kappa shape index (κ3) is 4.26. The second-order valence-corrected chi connectivity index (χ2v) is 7.28. The van der Waals surface area contributed by atoms with E-state index in [-0.39, 0.29) is 11.2 Å². The van der Waals surface area contributed by atoms with Crippen molar-refractivity contribution in [2.45, 2.75) is 66.7 Å². The van der Waals surface area contributed by atoms with Gasteiger partial charge in [-0.3, -0.25) is 0 Å². The highest BCUT2D eigenvalue weighted by Gasteiger charge is 2.25. The van der Waals surface area contributed by atoms with Crippen molar-refractivity contribution < 1.29 is 10.2 Å². The molecule has 0 amide bonds. The van der Waals surface area contributed by atoms with Crippen molar-refractivity contribution in [2.24, 2.45) is 5.92 Å². The van der Waals surface area contributed by atoms with E-state index in [1.54, 1.807) is 6.07 Å². The second kappa shape index (κ2) is 6.55. The molecule has 2 nitrogen and oxygen atoms in total. The molecule has 0 atom stereocenters. The van der Waals surface area contributed by atoms with Crippen LogP contribution >= 0.6 is 0 Å². The molecule has 0 saturated heterocycles. The smallest absolute Gasteiger partial charge is 0.122 e. The Morgan fingerprint density at radius 3 is 2.29 bits per heavy atom. The van der Waals surface area contributed by atoms with Gasteiger partial charge in [-0.2, -0.15) is 0 Å². The Bertz CT molecular complexity index is 537. The van der Waals surface area contributed by atoms with E-state index in [1.165, 1.54) is 5.57 Å². The molecule has 2 heteroatoms.